The highest BCUT2D eigenvalue weighted by Crippen LogP contribution is 2.01. The van der Waals surface area contributed by atoms with Crippen LogP contribution in [0.5, 0.6) is 0 Å². The number of hydrogen-bond acceptors (Lipinski definition) is 5. The van der Waals surface area contributed by atoms with Gasteiger partial charge < -0.3 is 19.3 Å². The second-order valence-corrected chi connectivity index (χ2v) is 3.44. The Labute approximate surface area is 99.9 Å². The Morgan fingerprint density at radius 1 is 1.24 bits per heavy atom. The summed E-state index contributed by atoms with van der Waals surface area (Å²) in [4.78, 5) is 11.1. The first-order valence-electron chi connectivity index (χ1n) is 5.23. The molecule has 1 rings (SSSR count). The Balaban J connectivity index is 2.17. The number of benzene rings is 1. The van der Waals surface area contributed by atoms with Gasteiger partial charge in [-0.3, -0.25) is 0 Å². The molecule has 0 radical (unpaired) electrons. The number of hydrogen-bond donors (Lipinski definition) is 1. The predicted molar refractivity (Wildman–Crippen MR) is 60.5 cm³/mol. The average Bonchev–Trinajstić information content (AvgIpc) is 2.35. The molecule has 0 amide bonds. The van der Waals surface area contributed by atoms with Gasteiger partial charge in [0, 0.05) is 7.11 Å². The van der Waals surface area contributed by atoms with E-state index in [1.807, 2.05) is 30.3 Å². The maximum atomic E-state index is 11.1. The molecular weight excluding hydrogens is 224 g/mol. The first-order chi connectivity index (χ1) is 8.22. The third-order valence-electron chi connectivity index (χ3n) is 1.95. The fraction of sp³-hybridized carbons (Fsp3) is 0.417. The minimum absolute atomic E-state index is 0.117. The summed E-state index contributed by atoms with van der Waals surface area (Å²) in [6.07, 6.45) is -1.63. The quantitative estimate of drug-likeness (QED) is 0.760. The first kappa shape index (κ1) is 13.5. The van der Waals surface area contributed by atoms with Crippen molar-refractivity contribution in [2.75, 3.05) is 20.3 Å². The number of carbonyl (C=O) groups excluding carboxylic acids is 1. The zero-order chi connectivity index (χ0) is 12.5. The maximum Gasteiger partial charge on any atom is 0.508 e. The van der Waals surface area contributed by atoms with Crippen molar-refractivity contribution in [2.24, 2.45) is 0 Å². The van der Waals surface area contributed by atoms with E-state index in [1.54, 1.807) is 0 Å². The minimum Gasteiger partial charge on any atom is -0.431 e. The van der Waals surface area contributed by atoms with Crippen LogP contribution in [-0.4, -0.2) is 37.7 Å². The molecule has 1 aromatic rings. The molecule has 0 fully saturated rings. The fourth-order valence-electron chi connectivity index (χ4n) is 1.16. The van der Waals surface area contributed by atoms with Gasteiger partial charge in [0.1, 0.15) is 19.3 Å². The standard InChI is InChI=1S/C12H16O5/c1-15-8-11(13)9-17-12(14)16-7-10-5-3-2-4-6-10/h2-6,11,13H,7-9H2,1H3. The molecule has 94 valence electrons. The predicted octanol–water partition coefficient (Wildman–Crippen LogP) is 1.35. The highest BCUT2D eigenvalue weighted by molar-refractivity contribution is 5.59. The maximum absolute atomic E-state index is 11.1. The average molecular weight is 240 g/mol. The number of rotatable bonds is 6. The molecule has 17 heavy (non-hydrogen) atoms. The number of aliphatic hydroxyl groups excluding tert-OH is 1. The summed E-state index contributed by atoms with van der Waals surface area (Å²) in [6, 6.07) is 9.27. The third-order valence-corrected chi connectivity index (χ3v) is 1.95. The molecule has 0 heterocycles. The molecule has 5 heteroatoms. The van der Waals surface area contributed by atoms with Crippen LogP contribution in [0.3, 0.4) is 0 Å². The Kier molecular flexibility index (Phi) is 6.06. The van der Waals surface area contributed by atoms with Gasteiger partial charge in [-0.25, -0.2) is 4.79 Å². The Morgan fingerprint density at radius 2 is 1.94 bits per heavy atom. The lowest BCUT2D eigenvalue weighted by atomic mass is 10.2. The van der Waals surface area contributed by atoms with Crippen LogP contribution in [-0.2, 0) is 20.8 Å². The van der Waals surface area contributed by atoms with Crippen LogP contribution < -0.4 is 0 Å². The summed E-state index contributed by atoms with van der Waals surface area (Å²) in [5.74, 6) is 0. The number of methoxy groups -OCH3 is 1. The lowest BCUT2D eigenvalue weighted by Crippen LogP contribution is -2.23. The van der Waals surface area contributed by atoms with Crippen LogP contribution >= 0.6 is 0 Å². The number of ether oxygens (including phenoxy) is 3. The molecule has 0 aliphatic heterocycles. The Bertz CT molecular complexity index is 325. The molecule has 0 saturated carbocycles. The highest BCUT2D eigenvalue weighted by atomic mass is 16.7. The summed E-state index contributed by atoms with van der Waals surface area (Å²) in [6.45, 7) is 0.132. The van der Waals surface area contributed by atoms with Gasteiger partial charge in [-0.1, -0.05) is 30.3 Å². The molecule has 0 spiro atoms. The van der Waals surface area contributed by atoms with Crippen LogP contribution in [0.25, 0.3) is 0 Å². The van der Waals surface area contributed by atoms with Crippen molar-refractivity contribution < 1.29 is 24.1 Å². The topological polar surface area (TPSA) is 65.0 Å². The van der Waals surface area contributed by atoms with Crippen LogP contribution in [0.15, 0.2) is 30.3 Å². The van der Waals surface area contributed by atoms with Crippen molar-refractivity contribution >= 4 is 6.16 Å². The van der Waals surface area contributed by atoms with Crippen LogP contribution in [0.4, 0.5) is 4.79 Å². The molecule has 0 aliphatic carbocycles. The molecule has 1 aromatic carbocycles. The molecule has 1 unspecified atom stereocenters. The monoisotopic (exact) mass is 240 g/mol. The van der Waals surface area contributed by atoms with Crippen molar-refractivity contribution in [3.05, 3.63) is 35.9 Å². The van der Waals surface area contributed by atoms with E-state index in [0.29, 0.717) is 0 Å². The molecule has 0 aliphatic rings. The lowest BCUT2D eigenvalue weighted by Gasteiger charge is -2.10. The normalized spacial score (nSPS) is 11.9. The fourth-order valence-corrected chi connectivity index (χ4v) is 1.16. The summed E-state index contributed by atoms with van der Waals surface area (Å²) in [7, 11) is 1.46. The second kappa shape index (κ2) is 7.65. The van der Waals surface area contributed by atoms with Crippen molar-refractivity contribution in [1.29, 1.82) is 0 Å². The van der Waals surface area contributed by atoms with E-state index in [0.717, 1.165) is 5.56 Å². The van der Waals surface area contributed by atoms with Gasteiger partial charge in [0.15, 0.2) is 0 Å². The third kappa shape index (κ3) is 5.89. The first-order valence-corrected chi connectivity index (χ1v) is 5.23. The van der Waals surface area contributed by atoms with E-state index in [2.05, 4.69) is 9.47 Å². The zero-order valence-corrected chi connectivity index (χ0v) is 9.67. The van der Waals surface area contributed by atoms with Gasteiger partial charge in [-0.15, -0.1) is 0 Å². The van der Waals surface area contributed by atoms with Crippen molar-refractivity contribution in [3.63, 3.8) is 0 Å². The summed E-state index contributed by atoms with van der Waals surface area (Å²) in [5.41, 5.74) is 0.877. The molecule has 1 N–H and O–H groups in total. The molecule has 5 nitrogen and oxygen atoms in total. The summed E-state index contributed by atoms with van der Waals surface area (Å²) in [5, 5.41) is 9.23. The van der Waals surface area contributed by atoms with Gasteiger partial charge in [-0.2, -0.15) is 0 Å². The number of carbonyl (C=O) groups is 1. The minimum atomic E-state index is -0.829. The number of aliphatic hydroxyl groups is 1. The van der Waals surface area contributed by atoms with E-state index in [4.69, 9.17) is 4.74 Å². The summed E-state index contributed by atoms with van der Waals surface area (Å²) >= 11 is 0. The van der Waals surface area contributed by atoms with Crippen molar-refractivity contribution in [3.8, 4) is 0 Å². The van der Waals surface area contributed by atoms with Crippen LogP contribution in [0.1, 0.15) is 5.56 Å². The Hall–Kier alpha value is -1.59. The van der Waals surface area contributed by atoms with Crippen molar-refractivity contribution in [1.82, 2.24) is 0 Å². The van der Waals surface area contributed by atoms with Gasteiger partial charge in [0.2, 0.25) is 0 Å². The zero-order valence-electron chi connectivity index (χ0n) is 9.67. The van der Waals surface area contributed by atoms with E-state index in [9.17, 15) is 9.90 Å². The molecular formula is C12H16O5. The van der Waals surface area contributed by atoms with E-state index >= 15 is 0 Å². The Morgan fingerprint density at radius 3 is 2.59 bits per heavy atom. The smallest absolute Gasteiger partial charge is 0.431 e. The van der Waals surface area contributed by atoms with Crippen LogP contribution in [0.2, 0.25) is 0 Å². The van der Waals surface area contributed by atoms with Gasteiger partial charge in [-0.05, 0) is 5.56 Å². The van der Waals surface area contributed by atoms with Gasteiger partial charge in [0.05, 0.1) is 6.61 Å². The van der Waals surface area contributed by atoms with E-state index in [1.165, 1.54) is 7.11 Å². The van der Waals surface area contributed by atoms with E-state index < -0.39 is 12.3 Å². The summed E-state index contributed by atoms with van der Waals surface area (Å²) < 4.78 is 14.2. The lowest BCUT2D eigenvalue weighted by molar-refractivity contribution is -0.0102. The van der Waals surface area contributed by atoms with Crippen molar-refractivity contribution in [2.45, 2.75) is 12.7 Å². The van der Waals surface area contributed by atoms with Crippen LogP contribution in [0, 0.1) is 0 Å². The second-order valence-electron chi connectivity index (χ2n) is 3.44. The van der Waals surface area contributed by atoms with Gasteiger partial charge >= 0.3 is 6.16 Å². The molecule has 1 atom stereocenters. The highest BCUT2D eigenvalue weighted by Gasteiger charge is 2.09. The molecule has 0 saturated heterocycles. The van der Waals surface area contributed by atoms with Gasteiger partial charge in [0.25, 0.3) is 0 Å². The largest absolute Gasteiger partial charge is 0.508 e. The molecule has 0 aromatic heterocycles. The SMILES string of the molecule is COCC(O)COC(=O)OCc1ccccc1. The van der Waals surface area contributed by atoms with E-state index in [-0.39, 0.29) is 19.8 Å². The molecule has 0 bridgehead atoms.